The summed E-state index contributed by atoms with van der Waals surface area (Å²) >= 11 is 0. The second-order valence-electron chi connectivity index (χ2n) is 10.5. The van der Waals surface area contributed by atoms with Crippen molar-refractivity contribution in [3.8, 4) is 23.0 Å². The number of fused-ring (bicyclic) bond motifs is 6. The van der Waals surface area contributed by atoms with Crippen LogP contribution in [0, 0.1) is 0 Å². The highest BCUT2D eigenvalue weighted by Crippen LogP contribution is 2.39. The van der Waals surface area contributed by atoms with Crippen LogP contribution >= 0.6 is 0 Å². The number of phenolic OH excluding ortho intramolecular Hbond substituents is 1. The minimum absolute atomic E-state index is 0.00188. The molecule has 0 saturated carbocycles. The van der Waals surface area contributed by atoms with E-state index < -0.39 is 0 Å². The molecule has 1 aromatic heterocycles. The molecule has 1 unspecified atom stereocenters. The molecule has 1 atom stereocenters. The number of nitrogens with zero attached hydrogens (tertiary/aromatic N) is 3. The normalized spacial score (nSPS) is 17.0. The molecule has 0 radical (unpaired) electrons. The molecular weight excluding hydrogens is 532 g/mol. The zero-order valence-electron chi connectivity index (χ0n) is 23.6. The quantitative estimate of drug-likeness (QED) is 0.354. The summed E-state index contributed by atoms with van der Waals surface area (Å²) in [6.45, 7) is 2.99. The molecule has 3 aliphatic rings. The van der Waals surface area contributed by atoms with Crippen molar-refractivity contribution >= 4 is 5.91 Å². The summed E-state index contributed by atoms with van der Waals surface area (Å²) in [5.74, 6) is 2.27. The fraction of sp³-hybridized carbons (Fsp3) is 0.303. The number of nitrogens with one attached hydrogen (secondary N) is 1. The van der Waals surface area contributed by atoms with E-state index >= 15 is 0 Å². The van der Waals surface area contributed by atoms with E-state index in [4.69, 9.17) is 14.2 Å². The topological polar surface area (TPSA) is 106 Å². The minimum atomic E-state index is -0.357. The van der Waals surface area contributed by atoms with E-state index in [9.17, 15) is 9.90 Å². The van der Waals surface area contributed by atoms with E-state index in [1.54, 1.807) is 19.2 Å². The number of aromatic nitrogens is 2. The van der Waals surface area contributed by atoms with Crippen LogP contribution in [0.1, 0.15) is 50.9 Å². The molecule has 9 heteroatoms. The summed E-state index contributed by atoms with van der Waals surface area (Å²) in [6.07, 6.45) is 5.97. The zero-order chi connectivity index (χ0) is 28.9. The van der Waals surface area contributed by atoms with Gasteiger partial charge in [0.25, 0.3) is 5.91 Å². The monoisotopic (exact) mass is 566 g/mol. The average Bonchev–Trinajstić information content (AvgIpc) is 3.01. The molecule has 7 rings (SSSR count). The first-order valence-corrected chi connectivity index (χ1v) is 14.2. The maximum Gasteiger partial charge on any atom is 0.255 e. The van der Waals surface area contributed by atoms with Crippen LogP contribution in [0.4, 0.5) is 0 Å². The highest BCUT2D eigenvalue weighted by Gasteiger charge is 2.30. The molecule has 0 fully saturated rings. The van der Waals surface area contributed by atoms with Crippen molar-refractivity contribution in [2.75, 3.05) is 33.4 Å². The summed E-state index contributed by atoms with van der Waals surface area (Å²) in [7, 11) is 1.68. The molecule has 42 heavy (non-hydrogen) atoms. The third-order valence-corrected chi connectivity index (χ3v) is 7.61. The van der Waals surface area contributed by atoms with Gasteiger partial charge in [-0.05, 0) is 72.0 Å². The summed E-state index contributed by atoms with van der Waals surface area (Å²) in [5, 5.41) is 13.2. The van der Waals surface area contributed by atoms with E-state index in [2.05, 4.69) is 44.5 Å². The van der Waals surface area contributed by atoms with E-state index in [0.29, 0.717) is 50.6 Å². The number of methoxy groups -OCH3 is 1. The van der Waals surface area contributed by atoms with Gasteiger partial charge < -0.3 is 24.6 Å². The van der Waals surface area contributed by atoms with Crippen molar-refractivity contribution in [3.63, 3.8) is 0 Å². The Kier molecular flexibility index (Phi) is 8.30. The molecule has 0 spiro atoms. The van der Waals surface area contributed by atoms with Gasteiger partial charge in [0.15, 0.2) is 0 Å². The number of ether oxygens (including phenoxy) is 3. The molecule has 9 nitrogen and oxygen atoms in total. The van der Waals surface area contributed by atoms with Gasteiger partial charge in [0.1, 0.15) is 28.8 Å². The molecule has 3 aromatic carbocycles. The lowest BCUT2D eigenvalue weighted by Crippen LogP contribution is -2.35. The van der Waals surface area contributed by atoms with Crippen molar-refractivity contribution < 1.29 is 24.1 Å². The smallest absolute Gasteiger partial charge is 0.255 e. The van der Waals surface area contributed by atoms with Gasteiger partial charge in [0.05, 0.1) is 24.8 Å². The largest absolute Gasteiger partial charge is 0.507 e. The molecule has 1 amide bonds. The van der Waals surface area contributed by atoms with Crippen molar-refractivity contribution in [1.29, 1.82) is 0 Å². The van der Waals surface area contributed by atoms with Gasteiger partial charge in [-0.3, -0.25) is 9.69 Å². The molecule has 2 N–H and O–H groups in total. The zero-order valence-corrected chi connectivity index (χ0v) is 23.6. The third kappa shape index (κ3) is 6.22. The fourth-order valence-corrected chi connectivity index (χ4v) is 5.53. The summed E-state index contributed by atoms with van der Waals surface area (Å²) in [5.41, 5.74) is 4.76. The minimum Gasteiger partial charge on any atom is -0.507 e. The van der Waals surface area contributed by atoms with E-state index in [1.807, 2.05) is 30.6 Å². The molecule has 4 heterocycles. The van der Waals surface area contributed by atoms with E-state index in [0.717, 1.165) is 35.7 Å². The molecule has 4 aromatic rings. The van der Waals surface area contributed by atoms with Crippen molar-refractivity contribution in [2.24, 2.45) is 0 Å². The van der Waals surface area contributed by atoms with E-state index in [-0.39, 0.29) is 23.3 Å². The van der Waals surface area contributed by atoms with Gasteiger partial charge in [-0.1, -0.05) is 18.2 Å². The average molecular weight is 567 g/mol. The molecule has 3 aliphatic heterocycles. The SMILES string of the molecule is COCCc1ncc(CN2CCc3cc4ccc3C2c2cccc(c2)OCCCNC(=O)c2cc(ccc2O)O4)cn1. The first kappa shape index (κ1) is 27.7. The number of benzene rings is 3. The van der Waals surface area contributed by atoms with Gasteiger partial charge >= 0.3 is 0 Å². The Hall–Kier alpha value is -4.47. The number of aromatic hydroxyl groups is 1. The number of phenols is 1. The van der Waals surface area contributed by atoms with Crippen LogP contribution in [0.15, 0.2) is 73.1 Å². The van der Waals surface area contributed by atoms with Crippen LogP contribution in [0.3, 0.4) is 0 Å². The number of hydrogen-bond acceptors (Lipinski definition) is 8. The molecule has 8 bridgehead atoms. The third-order valence-electron chi connectivity index (χ3n) is 7.61. The lowest BCUT2D eigenvalue weighted by molar-refractivity contribution is 0.0948. The van der Waals surface area contributed by atoms with Crippen LogP contribution in [0.2, 0.25) is 0 Å². The summed E-state index contributed by atoms with van der Waals surface area (Å²) in [4.78, 5) is 24.3. The van der Waals surface area contributed by atoms with Crippen LogP contribution in [-0.2, 0) is 24.1 Å². The molecular formula is C33H34N4O5. The number of hydrogen-bond donors (Lipinski definition) is 2. The second kappa shape index (κ2) is 12.6. The van der Waals surface area contributed by atoms with Gasteiger partial charge in [-0.25, -0.2) is 9.97 Å². The Labute approximate surface area is 245 Å². The van der Waals surface area contributed by atoms with Crippen molar-refractivity contribution in [3.05, 3.63) is 107 Å². The number of rotatable bonds is 5. The summed E-state index contributed by atoms with van der Waals surface area (Å²) in [6, 6.07) is 19.1. The summed E-state index contributed by atoms with van der Waals surface area (Å²) < 4.78 is 17.4. The van der Waals surface area contributed by atoms with Crippen LogP contribution in [-0.4, -0.2) is 59.3 Å². The maximum absolute atomic E-state index is 12.7. The Balaban J connectivity index is 1.35. The molecule has 0 saturated heterocycles. The van der Waals surface area contributed by atoms with E-state index in [1.165, 1.54) is 17.2 Å². The molecule has 0 aliphatic carbocycles. The number of carbonyl (C=O) groups excluding carboxylic acids is 1. The van der Waals surface area contributed by atoms with Crippen molar-refractivity contribution in [1.82, 2.24) is 20.2 Å². The Morgan fingerprint density at radius 1 is 1.05 bits per heavy atom. The van der Waals surface area contributed by atoms with Crippen LogP contribution in [0.5, 0.6) is 23.0 Å². The van der Waals surface area contributed by atoms with Gasteiger partial charge in [-0.15, -0.1) is 0 Å². The number of amides is 1. The van der Waals surface area contributed by atoms with Crippen LogP contribution < -0.4 is 14.8 Å². The molecule has 216 valence electrons. The highest BCUT2D eigenvalue weighted by atomic mass is 16.5. The maximum atomic E-state index is 12.7. The Morgan fingerprint density at radius 3 is 2.74 bits per heavy atom. The predicted molar refractivity (Wildman–Crippen MR) is 157 cm³/mol. The lowest BCUT2D eigenvalue weighted by Gasteiger charge is -2.38. The first-order chi connectivity index (χ1) is 20.6. The fourth-order valence-electron chi connectivity index (χ4n) is 5.53. The second-order valence-corrected chi connectivity index (χ2v) is 10.5. The number of carbonyl (C=O) groups is 1. The standard InChI is InChI=1S/C33H34N4O5/c1-40-15-11-31-35-19-22(20-36-31)21-37-13-10-23-16-26-6-8-28(23)32(37)24-4-2-5-25(17-24)41-14-3-12-34-33(39)29-18-27(42-26)7-9-30(29)38/h2,4-9,16-20,32,38H,3,10-15,21H2,1H3,(H,34,39). The lowest BCUT2D eigenvalue weighted by atomic mass is 9.87. The Bertz CT molecular complexity index is 1560. The van der Waals surface area contributed by atoms with Crippen LogP contribution in [0.25, 0.3) is 0 Å². The highest BCUT2D eigenvalue weighted by molar-refractivity contribution is 5.97. The van der Waals surface area contributed by atoms with Gasteiger partial charge in [-0.2, -0.15) is 0 Å². The predicted octanol–water partition coefficient (Wildman–Crippen LogP) is 4.82. The van der Waals surface area contributed by atoms with Crippen molar-refractivity contribution in [2.45, 2.75) is 31.8 Å². The van der Waals surface area contributed by atoms with Gasteiger partial charge in [0.2, 0.25) is 0 Å². The Morgan fingerprint density at radius 2 is 1.88 bits per heavy atom. The van der Waals surface area contributed by atoms with Gasteiger partial charge in [0, 0.05) is 51.1 Å². The first-order valence-electron chi connectivity index (χ1n) is 14.2.